The average Bonchev–Trinajstić information content (AvgIpc) is 2.70. The van der Waals surface area contributed by atoms with E-state index in [-0.39, 0.29) is 6.09 Å². The molecule has 0 bridgehead atoms. The van der Waals surface area contributed by atoms with E-state index >= 15 is 0 Å². The summed E-state index contributed by atoms with van der Waals surface area (Å²) >= 11 is 0. The van der Waals surface area contributed by atoms with Crippen LogP contribution in [-0.4, -0.2) is 38.1 Å². The van der Waals surface area contributed by atoms with E-state index in [1.54, 1.807) is 9.58 Å². The molecule has 0 fully saturated rings. The van der Waals surface area contributed by atoms with E-state index < -0.39 is 5.60 Å². The Labute approximate surface area is 112 Å². The lowest BCUT2D eigenvalue weighted by Crippen LogP contribution is -2.40. The van der Waals surface area contributed by atoms with Gasteiger partial charge in [0.15, 0.2) is 0 Å². The number of nitrogens with zero attached hydrogens (tertiary/aromatic N) is 4. The van der Waals surface area contributed by atoms with Gasteiger partial charge in [-0.05, 0) is 20.8 Å². The van der Waals surface area contributed by atoms with Crippen LogP contribution in [0.5, 0.6) is 0 Å². The first-order valence-electron chi connectivity index (χ1n) is 6.23. The maximum absolute atomic E-state index is 12.0. The summed E-state index contributed by atoms with van der Waals surface area (Å²) < 4.78 is 7.06. The van der Waals surface area contributed by atoms with E-state index in [0.29, 0.717) is 26.1 Å². The molecule has 0 radical (unpaired) electrons. The van der Waals surface area contributed by atoms with E-state index in [0.717, 1.165) is 11.4 Å². The van der Waals surface area contributed by atoms with E-state index in [9.17, 15) is 4.79 Å². The topological polar surface area (TPSA) is 60.2 Å². The van der Waals surface area contributed by atoms with Crippen LogP contribution in [0.25, 0.3) is 0 Å². The minimum absolute atomic E-state index is 0.315. The number of carbonyl (C=O) groups excluding carboxylic acids is 1. The van der Waals surface area contributed by atoms with Crippen molar-refractivity contribution in [1.82, 2.24) is 19.9 Å². The molecule has 19 heavy (non-hydrogen) atoms. The van der Waals surface area contributed by atoms with E-state index in [2.05, 4.69) is 16.2 Å². The zero-order chi connectivity index (χ0) is 14.0. The molecular weight excluding hydrogens is 244 g/mol. The Bertz CT molecular complexity index is 522. The van der Waals surface area contributed by atoms with Crippen LogP contribution in [0.2, 0.25) is 0 Å². The highest BCUT2D eigenvalue weighted by Crippen LogP contribution is 2.19. The van der Waals surface area contributed by atoms with Crippen LogP contribution in [0.4, 0.5) is 4.79 Å². The molecule has 0 spiro atoms. The predicted molar refractivity (Wildman–Crippen MR) is 69.2 cm³/mol. The quantitative estimate of drug-likeness (QED) is 0.714. The Morgan fingerprint density at radius 2 is 2.26 bits per heavy atom. The van der Waals surface area contributed by atoms with Crippen molar-refractivity contribution in [2.45, 2.75) is 45.9 Å². The van der Waals surface area contributed by atoms with Gasteiger partial charge in [-0.15, -0.1) is 11.5 Å². The molecule has 0 aromatic carbocycles. The minimum Gasteiger partial charge on any atom is -0.444 e. The van der Waals surface area contributed by atoms with Gasteiger partial charge in [-0.3, -0.25) is 0 Å². The predicted octanol–water partition coefficient (Wildman–Crippen LogP) is 1.20. The molecule has 1 aromatic rings. The fourth-order valence-electron chi connectivity index (χ4n) is 1.96. The number of amides is 1. The van der Waals surface area contributed by atoms with Gasteiger partial charge in [0, 0.05) is 13.0 Å². The normalized spacial score (nSPS) is 14.7. The molecule has 6 nitrogen and oxygen atoms in total. The number of fused-ring (bicyclic) bond motifs is 1. The van der Waals surface area contributed by atoms with Crippen molar-refractivity contribution in [3.8, 4) is 12.3 Å². The smallest absolute Gasteiger partial charge is 0.410 e. The molecule has 1 aliphatic rings. The standard InChI is InChI=1S/C13H18N4O2/c1-5-7-17-11-6-8-16(9-10(11)14-15-17)12(18)19-13(2,3)4/h1H,6-9H2,2-4H3. The second kappa shape index (κ2) is 4.92. The summed E-state index contributed by atoms with van der Waals surface area (Å²) in [5.74, 6) is 2.54. The number of ether oxygens (including phenoxy) is 1. The molecule has 1 amide bonds. The first-order chi connectivity index (χ1) is 8.90. The summed E-state index contributed by atoms with van der Waals surface area (Å²) in [6, 6.07) is 0. The fraction of sp³-hybridized carbons (Fsp3) is 0.615. The molecule has 0 saturated carbocycles. The van der Waals surface area contributed by atoms with Crippen LogP contribution < -0.4 is 0 Å². The largest absolute Gasteiger partial charge is 0.444 e. The first kappa shape index (κ1) is 13.4. The fourth-order valence-corrected chi connectivity index (χ4v) is 1.96. The van der Waals surface area contributed by atoms with Crippen molar-refractivity contribution < 1.29 is 9.53 Å². The molecule has 0 N–H and O–H groups in total. The van der Waals surface area contributed by atoms with Gasteiger partial charge < -0.3 is 9.64 Å². The van der Waals surface area contributed by atoms with Gasteiger partial charge >= 0.3 is 6.09 Å². The van der Waals surface area contributed by atoms with Gasteiger partial charge in [-0.2, -0.15) is 0 Å². The number of carbonyl (C=O) groups is 1. The highest BCUT2D eigenvalue weighted by atomic mass is 16.6. The van der Waals surface area contributed by atoms with Crippen LogP contribution >= 0.6 is 0 Å². The van der Waals surface area contributed by atoms with Crippen LogP contribution in [0, 0.1) is 12.3 Å². The van der Waals surface area contributed by atoms with Crippen LogP contribution in [0.3, 0.4) is 0 Å². The van der Waals surface area contributed by atoms with Gasteiger partial charge in [0.1, 0.15) is 17.8 Å². The summed E-state index contributed by atoms with van der Waals surface area (Å²) in [4.78, 5) is 13.6. The van der Waals surface area contributed by atoms with Gasteiger partial charge in [-0.25, -0.2) is 9.48 Å². The van der Waals surface area contributed by atoms with E-state index in [1.807, 2.05) is 20.8 Å². The highest BCUT2D eigenvalue weighted by molar-refractivity contribution is 5.68. The molecule has 1 aliphatic heterocycles. The molecule has 0 saturated heterocycles. The second-order valence-electron chi connectivity index (χ2n) is 5.50. The summed E-state index contributed by atoms with van der Waals surface area (Å²) in [5.41, 5.74) is 1.32. The van der Waals surface area contributed by atoms with Crippen LogP contribution in [-0.2, 0) is 24.2 Å². The molecule has 0 aliphatic carbocycles. The van der Waals surface area contributed by atoms with E-state index in [1.165, 1.54) is 0 Å². The molecule has 0 unspecified atom stereocenters. The minimum atomic E-state index is -0.488. The SMILES string of the molecule is C#CCn1nnc2c1CCN(C(=O)OC(C)(C)C)C2. The lowest BCUT2D eigenvalue weighted by Gasteiger charge is -2.29. The zero-order valence-electron chi connectivity index (χ0n) is 11.5. The number of aromatic nitrogens is 3. The number of rotatable bonds is 1. The summed E-state index contributed by atoms with van der Waals surface area (Å²) in [6.45, 7) is 6.99. The number of hydrogen-bond acceptors (Lipinski definition) is 4. The summed E-state index contributed by atoms with van der Waals surface area (Å²) in [6.07, 6.45) is 5.66. The highest BCUT2D eigenvalue weighted by Gasteiger charge is 2.28. The van der Waals surface area contributed by atoms with Gasteiger partial charge in [0.2, 0.25) is 0 Å². The average molecular weight is 262 g/mol. The Hall–Kier alpha value is -2.03. The monoisotopic (exact) mass is 262 g/mol. The summed E-state index contributed by atoms with van der Waals surface area (Å²) in [7, 11) is 0. The van der Waals surface area contributed by atoms with Crippen molar-refractivity contribution in [3.05, 3.63) is 11.4 Å². The summed E-state index contributed by atoms with van der Waals surface area (Å²) in [5, 5.41) is 8.07. The maximum atomic E-state index is 12.0. The maximum Gasteiger partial charge on any atom is 0.410 e. The van der Waals surface area contributed by atoms with Gasteiger partial charge in [0.05, 0.1) is 12.2 Å². The zero-order valence-corrected chi connectivity index (χ0v) is 11.5. The van der Waals surface area contributed by atoms with Gasteiger partial charge in [0.25, 0.3) is 0 Å². The van der Waals surface area contributed by atoms with Crippen molar-refractivity contribution in [1.29, 1.82) is 0 Å². The second-order valence-corrected chi connectivity index (χ2v) is 5.50. The Morgan fingerprint density at radius 1 is 1.53 bits per heavy atom. The van der Waals surface area contributed by atoms with Gasteiger partial charge in [-0.1, -0.05) is 11.1 Å². The van der Waals surface area contributed by atoms with Crippen LogP contribution in [0.15, 0.2) is 0 Å². The molecule has 2 heterocycles. The van der Waals surface area contributed by atoms with Crippen LogP contribution in [0.1, 0.15) is 32.2 Å². The first-order valence-corrected chi connectivity index (χ1v) is 6.23. The third-order valence-corrected chi connectivity index (χ3v) is 2.77. The lowest BCUT2D eigenvalue weighted by atomic mass is 10.1. The van der Waals surface area contributed by atoms with Crippen molar-refractivity contribution in [2.75, 3.05) is 6.54 Å². The third-order valence-electron chi connectivity index (χ3n) is 2.77. The van der Waals surface area contributed by atoms with Crippen molar-refractivity contribution in [3.63, 3.8) is 0 Å². The molecule has 2 rings (SSSR count). The molecule has 0 atom stereocenters. The number of hydrogen-bond donors (Lipinski definition) is 0. The third kappa shape index (κ3) is 3.05. The Morgan fingerprint density at radius 3 is 2.89 bits per heavy atom. The van der Waals surface area contributed by atoms with Crippen molar-refractivity contribution in [2.24, 2.45) is 0 Å². The Kier molecular flexibility index (Phi) is 3.47. The Balaban J connectivity index is 2.07. The molecule has 6 heteroatoms. The van der Waals surface area contributed by atoms with Crippen molar-refractivity contribution >= 4 is 6.09 Å². The van der Waals surface area contributed by atoms with E-state index in [4.69, 9.17) is 11.2 Å². The lowest BCUT2D eigenvalue weighted by molar-refractivity contribution is 0.0220. The molecule has 1 aromatic heterocycles. The molecular formula is C13H18N4O2. The number of terminal acetylenes is 1. The molecule has 102 valence electrons.